The van der Waals surface area contributed by atoms with E-state index in [1.54, 1.807) is 7.11 Å². The molecule has 0 aliphatic heterocycles. The van der Waals surface area contributed by atoms with Crippen LogP contribution in [0.3, 0.4) is 0 Å². The minimum atomic E-state index is -0.156. The highest BCUT2D eigenvalue weighted by Crippen LogP contribution is 2.26. The monoisotopic (exact) mass is 287 g/mol. The van der Waals surface area contributed by atoms with Crippen molar-refractivity contribution in [3.8, 4) is 11.8 Å². The highest BCUT2D eigenvalue weighted by molar-refractivity contribution is 5.85. The molecule has 0 radical (unpaired) electrons. The molecule has 0 amide bonds. The number of rotatable bonds is 4. The Morgan fingerprint density at radius 2 is 1.68 bits per heavy atom. The van der Waals surface area contributed by atoms with Gasteiger partial charge in [-0.25, -0.2) is 0 Å². The van der Waals surface area contributed by atoms with Crippen LogP contribution in [-0.4, -0.2) is 7.11 Å². The first-order valence-corrected chi connectivity index (χ1v) is 7.32. The van der Waals surface area contributed by atoms with E-state index in [1.165, 1.54) is 16.3 Å². The topological polar surface area (TPSA) is 33.0 Å². The molecule has 108 valence electrons. The predicted molar refractivity (Wildman–Crippen MR) is 89.0 cm³/mol. The van der Waals surface area contributed by atoms with Gasteiger partial charge in [-0.3, -0.25) is 0 Å². The number of hydrogen-bond donors (Lipinski definition) is 0. The molecular formula is C20H17NO. The summed E-state index contributed by atoms with van der Waals surface area (Å²) in [6.45, 7) is 0. The van der Waals surface area contributed by atoms with E-state index in [9.17, 15) is 5.26 Å². The molecule has 0 heterocycles. The summed E-state index contributed by atoms with van der Waals surface area (Å²) in [5.74, 6) is 0.655. The summed E-state index contributed by atoms with van der Waals surface area (Å²) in [5.41, 5.74) is 2.23. The van der Waals surface area contributed by atoms with Gasteiger partial charge in [-0.1, -0.05) is 54.6 Å². The quantitative estimate of drug-likeness (QED) is 0.697. The maximum atomic E-state index is 9.56. The second kappa shape index (κ2) is 6.32. The molecule has 0 spiro atoms. The number of nitrogens with zero attached hydrogens (tertiary/aromatic N) is 1. The molecule has 1 unspecified atom stereocenters. The van der Waals surface area contributed by atoms with Crippen molar-refractivity contribution in [1.82, 2.24) is 0 Å². The molecule has 0 aromatic heterocycles. The molecule has 2 heteroatoms. The molecule has 0 N–H and O–H groups in total. The minimum Gasteiger partial charge on any atom is -0.497 e. The Kier molecular flexibility index (Phi) is 4.07. The first-order valence-electron chi connectivity index (χ1n) is 7.32. The molecule has 0 saturated heterocycles. The summed E-state index contributed by atoms with van der Waals surface area (Å²) >= 11 is 0. The van der Waals surface area contributed by atoms with Crippen molar-refractivity contribution in [1.29, 1.82) is 5.26 Å². The van der Waals surface area contributed by atoms with E-state index in [0.717, 1.165) is 11.3 Å². The predicted octanol–water partition coefficient (Wildman–Crippen LogP) is 4.70. The molecule has 2 nitrogen and oxygen atoms in total. The van der Waals surface area contributed by atoms with Gasteiger partial charge in [0.25, 0.3) is 0 Å². The maximum Gasteiger partial charge on any atom is 0.118 e. The van der Waals surface area contributed by atoms with E-state index in [0.29, 0.717) is 6.42 Å². The zero-order valence-corrected chi connectivity index (χ0v) is 12.5. The van der Waals surface area contributed by atoms with Crippen LogP contribution in [0.25, 0.3) is 10.8 Å². The van der Waals surface area contributed by atoms with Crippen molar-refractivity contribution in [2.75, 3.05) is 7.11 Å². The van der Waals surface area contributed by atoms with Gasteiger partial charge in [0.2, 0.25) is 0 Å². The van der Waals surface area contributed by atoms with Crippen LogP contribution in [-0.2, 0) is 6.42 Å². The second-order valence-electron chi connectivity index (χ2n) is 5.30. The number of nitriles is 1. The second-order valence-corrected chi connectivity index (χ2v) is 5.30. The Balaban J connectivity index is 1.93. The van der Waals surface area contributed by atoms with E-state index in [-0.39, 0.29) is 5.92 Å². The largest absolute Gasteiger partial charge is 0.497 e. The van der Waals surface area contributed by atoms with E-state index in [1.807, 2.05) is 36.4 Å². The van der Waals surface area contributed by atoms with Crippen LogP contribution in [0.2, 0.25) is 0 Å². The van der Waals surface area contributed by atoms with Crippen molar-refractivity contribution >= 4 is 10.8 Å². The molecule has 1 atom stereocenters. The van der Waals surface area contributed by atoms with Crippen LogP contribution >= 0.6 is 0 Å². The van der Waals surface area contributed by atoms with Gasteiger partial charge in [-0.05, 0) is 40.5 Å². The third-order valence-electron chi connectivity index (χ3n) is 3.98. The van der Waals surface area contributed by atoms with Crippen LogP contribution in [0.5, 0.6) is 5.75 Å². The van der Waals surface area contributed by atoms with E-state index >= 15 is 0 Å². The Bertz CT molecular complexity index is 810. The first-order chi connectivity index (χ1) is 10.8. The molecule has 0 saturated carbocycles. The summed E-state index contributed by atoms with van der Waals surface area (Å²) in [6, 6.07) is 24.8. The molecule has 3 rings (SSSR count). The molecule has 3 aromatic rings. The zero-order chi connectivity index (χ0) is 15.4. The van der Waals surface area contributed by atoms with Crippen LogP contribution < -0.4 is 4.74 Å². The first kappa shape index (κ1) is 14.2. The lowest BCUT2D eigenvalue weighted by atomic mass is 9.91. The van der Waals surface area contributed by atoms with Crippen LogP contribution in [0.15, 0.2) is 66.7 Å². The van der Waals surface area contributed by atoms with Gasteiger partial charge in [0.05, 0.1) is 19.1 Å². The number of benzene rings is 3. The Morgan fingerprint density at radius 3 is 2.41 bits per heavy atom. The van der Waals surface area contributed by atoms with Crippen LogP contribution in [0, 0.1) is 11.3 Å². The van der Waals surface area contributed by atoms with Gasteiger partial charge in [-0.15, -0.1) is 0 Å². The summed E-state index contributed by atoms with van der Waals surface area (Å²) in [5, 5.41) is 12.0. The fourth-order valence-corrected chi connectivity index (χ4v) is 2.76. The molecule has 0 aliphatic rings. The summed E-state index contributed by atoms with van der Waals surface area (Å²) in [6.07, 6.45) is 0.712. The summed E-state index contributed by atoms with van der Waals surface area (Å²) < 4.78 is 5.18. The zero-order valence-electron chi connectivity index (χ0n) is 12.5. The molecule has 0 aliphatic carbocycles. The highest BCUT2D eigenvalue weighted by atomic mass is 16.5. The smallest absolute Gasteiger partial charge is 0.118 e. The normalized spacial score (nSPS) is 11.8. The highest BCUT2D eigenvalue weighted by Gasteiger charge is 2.13. The van der Waals surface area contributed by atoms with Crippen LogP contribution in [0.4, 0.5) is 0 Å². The van der Waals surface area contributed by atoms with Crippen LogP contribution in [0.1, 0.15) is 17.0 Å². The maximum absolute atomic E-state index is 9.56. The molecule has 0 bridgehead atoms. The fourth-order valence-electron chi connectivity index (χ4n) is 2.76. The number of ether oxygens (including phenoxy) is 1. The third kappa shape index (κ3) is 2.80. The molecule has 0 fully saturated rings. The number of hydrogen-bond acceptors (Lipinski definition) is 2. The van der Waals surface area contributed by atoms with Crippen molar-refractivity contribution < 1.29 is 4.74 Å². The molecular weight excluding hydrogens is 270 g/mol. The van der Waals surface area contributed by atoms with Crippen molar-refractivity contribution in [2.45, 2.75) is 12.3 Å². The van der Waals surface area contributed by atoms with Gasteiger partial charge in [0, 0.05) is 0 Å². The molecule has 3 aromatic carbocycles. The van der Waals surface area contributed by atoms with Crippen molar-refractivity contribution in [3.05, 3.63) is 77.9 Å². The minimum absolute atomic E-state index is 0.156. The average Bonchev–Trinajstić information content (AvgIpc) is 2.60. The SMILES string of the molecule is COc1ccc(C(C#N)Cc2cccc3ccccc23)cc1. The fraction of sp³-hybridized carbons (Fsp3) is 0.150. The van der Waals surface area contributed by atoms with E-state index in [4.69, 9.17) is 4.74 Å². The van der Waals surface area contributed by atoms with Crippen molar-refractivity contribution in [3.63, 3.8) is 0 Å². The van der Waals surface area contributed by atoms with Gasteiger partial charge in [0.15, 0.2) is 0 Å². The number of methoxy groups -OCH3 is 1. The lowest BCUT2D eigenvalue weighted by Gasteiger charge is -2.12. The van der Waals surface area contributed by atoms with Gasteiger partial charge < -0.3 is 4.74 Å². The standard InChI is InChI=1S/C20H17NO/c1-22-19-11-9-15(10-12-19)18(14-21)13-17-7-4-6-16-5-2-3-8-20(16)17/h2-12,18H,13H2,1H3. The third-order valence-corrected chi connectivity index (χ3v) is 3.98. The average molecular weight is 287 g/mol. The van der Waals surface area contributed by atoms with Gasteiger partial charge in [-0.2, -0.15) is 5.26 Å². The summed E-state index contributed by atoms with van der Waals surface area (Å²) in [4.78, 5) is 0. The Hall–Kier alpha value is -2.79. The van der Waals surface area contributed by atoms with Gasteiger partial charge >= 0.3 is 0 Å². The van der Waals surface area contributed by atoms with Crippen molar-refractivity contribution in [2.24, 2.45) is 0 Å². The summed E-state index contributed by atoms with van der Waals surface area (Å²) in [7, 11) is 1.65. The van der Waals surface area contributed by atoms with E-state index < -0.39 is 0 Å². The Labute approximate surface area is 130 Å². The number of fused-ring (bicyclic) bond motifs is 1. The Morgan fingerprint density at radius 1 is 0.955 bits per heavy atom. The molecule has 22 heavy (non-hydrogen) atoms. The van der Waals surface area contributed by atoms with E-state index in [2.05, 4.69) is 36.4 Å². The lowest BCUT2D eigenvalue weighted by molar-refractivity contribution is 0.414. The lowest BCUT2D eigenvalue weighted by Crippen LogP contribution is -2.01. The van der Waals surface area contributed by atoms with Gasteiger partial charge in [0.1, 0.15) is 5.75 Å².